The number of piperidine rings is 1. The van der Waals surface area contributed by atoms with Gasteiger partial charge in [-0.2, -0.15) is 0 Å². The minimum Gasteiger partial charge on any atom is -0.351 e. The average molecular weight is 1110 g/mol. The van der Waals surface area contributed by atoms with E-state index in [0.29, 0.717) is 72.5 Å². The van der Waals surface area contributed by atoms with Crippen LogP contribution in [0.2, 0.25) is 0 Å². The Balaban J connectivity index is 0.869. The van der Waals surface area contributed by atoms with Crippen LogP contribution in [0, 0.1) is 11.8 Å². The average Bonchev–Trinajstić information content (AvgIpc) is 4.17. The highest BCUT2D eigenvalue weighted by molar-refractivity contribution is 7.50. The van der Waals surface area contributed by atoms with Crippen LogP contribution in [-0.4, -0.2) is 127 Å². The van der Waals surface area contributed by atoms with Crippen LogP contribution in [0.25, 0.3) is 10.9 Å². The van der Waals surface area contributed by atoms with Crippen LogP contribution in [0.15, 0.2) is 103 Å². The SMILES string of the molecule is NCCC[C@H](NC(=O)[C@@H]1CC[C@@H]2CCN(C(=O)CCCCCC#Cc3cccc4c3CN(C3CCC(=O)NC3=O)C4=O)C[C@H](NC(=O)c3cc4cc(CP(=O)(O)O)ccc4[nH]3)C(=O)N21)C(=O)NC(c1ccccc1)c1ccccc1. The lowest BCUT2D eigenvalue weighted by Crippen LogP contribution is -2.62. The molecule has 3 saturated heterocycles. The highest BCUT2D eigenvalue weighted by atomic mass is 31.2. The smallest absolute Gasteiger partial charge is 0.329 e. The zero-order valence-electron chi connectivity index (χ0n) is 44.2. The van der Waals surface area contributed by atoms with Crippen LogP contribution in [-0.2, 0) is 46.0 Å². The lowest BCUT2D eigenvalue weighted by atomic mass is 9.98. The molecular weight excluding hydrogens is 1040 g/mol. The number of carbonyl (C=O) groups excluding carboxylic acids is 8. The van der Waals surface area contributed by atoms with Gasteiger partial charge in [0, 0.05) is 67.0 Å². The Labute approximate surface area is 463 Å². The first-order chi connectivity index (χ1) is 38.5. The van der Waals surface area contributed by atoms with Crippen molar-refractivity contribution in [2.45, 2.75) is 126 Å². The highest BCUT2D eigenvalue weighted by Gasteiger charge is 2.46. The second-order valence-corrected chi connectivity index (χ2v) is 22.6. The third kappa shape index (κ3) is 13.5. The van der Waals surface area contributed by atoms with Gasteiger partial charge >= 0.3 is 7.60 Å². The second kappa shape index (κ2) is 25.4. The van der Waals surface area contributed by atoms with Gasteiger partial charge in [0.05, 0.1) is 12.2 Å². The molecular formula is C59H66N9O11P. The van der Waals surface area contributed by atoms with Gasteiger partial charge in [-0.3, -0.25) is 48.2 Å². The fraction of sp³-hybridized carbons (Fsp3) is 0.390. The van der Waals surface area contributed by atoms with Crippen molar-refractivity contribution in [2.24, 2.45) is 5.73 Å². The van der Waals surface area contributed by atoms with Crippen LogP contribution >= 0.6 is 7.60 Å². The van der Waals surface area contributed by atoms with Crippen molar-refractivity contribution < 1.29 is 52.7 Å². The maximum absolute atomic E-state index is 15.0. The zero-order valence-corrected chi connectivity index (χ0v) is 45.1. The first-order valence-corrected chi connectivity index (χ1v) is 29.1. The van der Waals surface area contributed by atoms with Gasteiger partial charge in [0.25, 0.3) is 11.8 Å². The number of hydrogen-bond donors (Lipinski definition) is 8. The van der Waals surface area contributed by atoms with Crippen molar-refractivity contribution in [1.29, 1.82) is 0 Å². The van der Waals surface area contributed by atoms with Crippen molar-refractivity contribution in [2.75, 3.05) is 19.6 Å². The summed E-state index contributed by atoms with van der Waals surface area (Å²) in [4.78, 5) is 136. The van der Waals surface area contributed by atoms with Crippen LogP contribution in [0.3, 0.4) is 0 Å². The number of benzene rings is 4. The molecule has 5 aromatic rings. The van der Waals surface area contributed by atoms with E-state index in [1.807, 2.05) is 66.7 Å². The molecule has 5 heterocycles. The minimum absolute atomic E-state index is 0.0637. The molecule has 8 amide bonds. The van der Waals surface area contributed by atoms with E-state index in [9.17, 15) is 47.9 Å². The number of aromatic amines is 1. The highest BCUT2D eigenvalue weighted by Crippen LogP contribution is 2.40. The molecule has 80 heavy (non-hydrogen) atoms. The molecule has 4 aliphatic heterocycles. The van der Waals surface area contributed by atoms with Crippen LogP contribution in [0.1, 0.15) is 132 Å². The van der Waals surface area contributed by atoms with E-state index in [2.05, 4.69) is 38.1 Å². The summed E-state index contributed by atoms with van der Waals surface area (Å²) < 4.78 is 11.8. The Morgan fingerprint density at radius 3 is 2.29 bits per heavy atom. The molecule has 0 spiro atoms. The van der Waals surface area contributed by atoms with Crippen molar-refractivity contribution in [1.82, 2.24) is 41.0 Å². The van der Waals surface area contributed by atoms with Gasteiger partial charge in [0.1, 0.15) is 29.9 Å². The molecule has 1 unspecified atom stereocenters. The molecule has 0 radical (unpaired) electrons. The first kappa shape index (κ1) is 56.8. The number of nitrogens with two attached hydrogens (primary N) is 1. The summed E-state index contributed by atoms with van der Waals surface area (Å²) in [5.41, 5.74) is 10.5. The summed E-state index contributed by atoms with van der Waals surface area (Å²) in [6.07, 6.45) is 4.17. The summed E-state index contributed by atoms with van der Waals surface area (Å²) in [7, 11) is -4.38. The molecule has 9 N–H and O–H groups in total. The summed E-state index contributed by atoms with van der Waals surface area (Å²) in [6.45, 7) is 0.530. The van der Waals surface area contributed by atoms with Gasteiger partial charge in [-0.15, -0.1) is 0 Å². The third-order valence-electron chi connectivity index (χ3n) is 15.3. The van der Waals surface area contributed by atoms with Crippen LogP contribution < -0.4 is 27.0 Å². The molecule has 1 aromatic heterocycles. The predicted molar refractivity (Wildman–Crippen MR) is 296 cm³/mol. The van der Waals surface area contributed by atoms with E-state index < -0.39 is 79.5 Å². The van der Waals surface area contributed by atoms with Gasteiger partial charge in [-0.05, 0) is 110 Å². The Kier molecular flexibility index (Phi) is 18.1. The van der Waals surface area contributed by atoms with Crippen LogP contribution in [0.5, 0.6) is 0 Å². The zero-order chi connectivity index (χ0) is 56.5. The lowest BCUT2D eigenvalue weighted by molar-refractivity contribution is -0.145. The molecule has 4 aromatic carbocycles. The maximum atomic E-state index is 15.0. The molecule has 20 nitrogen and oxygen atoms in total. The number of unbranched alkanes of at least 4 members (excludes halogenated alkanes) is 3. The molecule has 3 fully saturated rings. The monoisotopic (exact) mass is 1110 g/mol. The maximum Gasteiger partial charge on any atom is 0.329 e. The van der Waals surface area contributed by atoms with Crippen molar-refractivity contribution in [3.63, 3.8) is 0 Å². The predicted octanol–water partition coefficient (Wildman–Crippen LogP) is 4.43. The Morgan fingerprint density at radius 2 is 1.57 bits per heavy atom. The lowest BCUT2D eigenvalue weighted by Gasteiger charge is -2.39. The van der Waals surface area contributed by atoms with Gasteiger partial charge in [-0.1, -0.05) is 91.1 Å². The number of carbonyl (C=O) groups is 8. The fourth-order valence-corrected chi connectivity index (χ4v) is 12.0. The van der Waals surface area contributed by atoms with Gasteiger partial charge < -0.3 is 51.2 Å². The number of amides is 8. The molecule has 21 heteroatoms. The number of hydrogen-bond acceptors (Lipinski definition) is 10. The minimum atomic E-state index is -4.38. The summed E-state index contributed by atoms with van der Waals surface area (Å²) >= 11 is 0. The summed E-state index contributed by atoms with van der Waals surface area (Å²) in [5.74, 6) is 2.86. The second-order valence-electron chi connectivity index (χ2n) is 20.9. The van der Waals surface area contributed by atoms with Crippen LogP contribution in [0.4, 0.5) is 0 Å². The summed E-state index contributed by atoms with van der Waals surface area (Å²) in [5, 5.41) is 11.8. The molecule has 4 aliphatic rings. The third-order valence-corrected chi connectivity index (χ3v) is 16.1. The van der Waals surface area contributed by atoms with E-state index >= 15 is 4.79 Å². The molecule has 9 rings (SSSR count). The normalized spacial score (nSPS) is 19.6. The Morgan fingerprint density at radius 1 is 0.825 bits per heavy atom. The van der Waals surface area contributed by atoms with Gasteiger partial charge in [0.15, 0.2) is 0 Å². The molecule has 418 valence electrons. The van der Waals surface area contributed by atoms with E-state index in [-0.39, 0.29) is 81.7 Å². The van der Waals surface area contributed by atoms with E-state index in [4.69, 9.17) is 5.73 Å². The molecule has 5 atom stereocenters. The Bertz CT molecular complexity index is 3240. The molecule has 0 saturated carbocycles. The molecule has 0 bridgehead atoms. The van der Waals surface area contributed by atoms with Crippen molar-refractivity contribution in [3.8, 4) is 11.8 Å². The van der Waals surface area contributed by atoms with Gasteiger partial charge in [-0.25, -0.2) is 0 Å². The number of nitrogens with zero attached hydrogens (tertiary/aromatic N) is 3. The van der Waals surface area contributed by atoms with E-state index in [0.717, 1.165) is 16.7 Å². The number of nitrogens with one attached hydrogen (secondary N) is 5. The van der Waals surface area contributed by atoms with Gasteiger partial charge in [0.2, 0.25) is 35.4 Å². The topological polar surface area (TPSA) is 294 Å². The largest absolute Gasteiger partial charge is 0.351 e. The number of aromatic nitrogens is 1. The fourth-order valence-electron chi connectivity index (χ4n) is 11.3. The quantitative estimate of drug-likeness (QED) is 0.0247. The number of fused-ring (bicyclic) bond motifs is 3. The van der Waals surface area contributed by atoms with E-state index in [1.54, 1.807) is 35.2 Å². The molecule has 0 aliphatic carbocycles. The van der Waals surface area contributed by atoms with Crippen molar-refractivity contribution in [3.05, 3.63) is 142 Å². The van der Waals surface area contributed by atoms with Crippen molar-refractivity contribution >= 4 is 65.8 Å². The first-order valence-electron chi connectivity index (χ1n) is 27.3. The number of H-pyrrole nitrogens is 1. The van der Waals surface area contributed by atoms with E-state index in [1.165, 1.54) is 15.9 Å². The Hall–Kier alpha value is -7.95. The number of imide groups is 1. The standard InChI is InChI=1S/C59H66N9O11P/c60-30-13-21-46(54(71)65-53(39-15-7-4-8-16-39)40-17-9-5-10-18-40)62-57(74)50-26-24-42-29-31-66(35-48(59(76)68(42)50)63-55(72)47-33-41-32-37(36-80(77,78)79)23-25-45(41)61-47)52(70)22-11-3-1-2-6-14-38-19-12-20-43-44(38)34-67(58(43)75)49-27-28-51(69)64-56(49)73/h4-5,7-10,12,15-20,23,25,32-33,42,46,48-50,53,61H,1-3,11,13,21-22,24,26-31,34-36,60H2,(H,62,74)(H,63,72)(H,65,71)(H,64,69,73)(H2,77,78,79)/t42-,46+,48+,49?,50+/m1/s1. The summed E-state index contributed by atoms with van der Waals surface area (Å²) in [6, 6.07) is 25.5. The number of rotatable bonds is 19.